The van der Waals surface area contributed by atoms with Gasteiger partial charge in [-0.1, -0.05) is 6.07 Å². The van der Waals surface area contributed by atoms with E-state index in [1.54, 1.807) is 13.1 Å². The molecule has 0 atom stereocenters. The van der Waals surface area contributed by atoms with E-state index in [4.69, 9.17) is 5.11 Å². The zero-order valence-electron chi connectivity index (χ0n) is 7.22. The molecule has 0 aliphatic rings. The van der Waals surface area contributed by atoms with E-state index < -0.39 is 6.43 Å². The molecule has 0 radical (unpaired) electrons. The number of nitrogens with one attached hydrogen (secondary N) is 1. The average Bonchev–Trinajstić information content (AvgIpc) is 2.08. The lowest BCUT2D eigenvalue weighted by Gasteiger charge is -2.06. The highest BCUT2D eigenvalue weighted by molar-refractivity contribution is 5.36. The summed E-state index contributed by atoms with van der Waals surface area (Å²) < 4.78 is 24.5. The van der Waals surface area contributed by atoms with Crippen LogP contribution in [0.2, 0.25) is 0 Å². The summed E-state index contributed by atoms with van der Waals surface area (Å²) >= 11 is 0. The van der Waals surface area contributed by atoms with E-state index in [0.29, 0.717) is 6.54 Å². The monoisotopic (exact) mass is 187 g/mol. The molecule has 72 valence electrons. The molecule has 4 heteroatoms. The van der Waals surface area contributed by atoms with Gasteiger partial charge in [-0.3, -0.25) is 0 Å². The van der Waals surface area contributed by atoms with Gasteiger partial charge in [-0.15, -0.1) is 0 Å². The third-order valence-corrected chi connectivity index (χ3v) is 1.71. The molecule has 0 unspecified atom stereocenters. The van der Waals surface area contributed by atoms with Crippen LogP contribution in [-0.2, 0) is 6.54 Å². The van der Waals surface area contributed by atoms with Crippen molar-refractivity contribution in [1.82, 2.24) is 5.32 Å². The Morgan fingerprint density at radius 2 is 2.15 bits per heavy atom. The standard InChI is InChI=1S/C9H11F2NO/c1-12-5-6-2-3-8(13)7(4-6)9(10)11/h2-4,9,12-13H,5H2,1H3. The first-order valence-electron chi connectivity index (χ1n) is 3.89. The molecule has 1 rings (SSSR count). The molecular formula is C9H11F2NO. The molecule has 2 N–H and O–H groups in total. The van der Waals surface area contributed by atoms with Crippen molar-refractivity contribution in [1.29, 1.82) is 0 Å². The van der Waals surface area contributed by atoms with Gasteiger partial charge in [-0.2, -0.15) is 0 Å². The number of halogens is 2. The molecule has 13 heavy (non-hydrogen) atoms. The lowest BCUT2D eigenvalue weighted by atomic mass is 10.1. The van der Waals surface area contributed by atoms with Gasteiger partial charge in [0.15, 0.2) is 0 Å². The molecule has 1 aromatic rings. The molecule has 0 saturated heterocycles. The Kier molecular flexibility index (Phi) is 3.19. The molecule has 0 saturated carbocycles. The second-order valence-electron chi connectivity index (χ2n) is 2.72. The minimum Gasteiger partial charge on any atom is -0.507 e. The number of rotatable bonds is 3. The van der Waals surface area contributed by atoms with Crippen molar-refractivity contribution in [3.05, 3.63) is 29.3 Å². The quantitative estimate of drug-likeness (QED) is 0.759. The Morgan fingerprint density at radius 1 is 1.46 bits per heavy atom. The number of phenolic OH excluding ortho intramolecular Hbond substituents is 1. The molecular weight excluding hydrogens is 176 g/mol. The van der Waals surface area contributed by atoms with Crippen LogP contribution < -0.4 is 5.32 Å². The summed E-state index contributed by atoms with van der Waals surface area (Å²) in [6.45, 7) is 0.514. The van der Waals surface area contributed by atoms with E-state index in [1.807, 2.05) is 0 Å². The Labute approximate surface area is 75.2 Å². The summed E-state index contributed by atoms with van der Waals surface area (Å²) in [6.07, 6.45) is -2.63. The molecule has 0 spiro atoms. The first-order valence-corrected chi connectivity index (χ1v) is 3.89. The van der Waals surface area contributed by atoms with E-state index in [9.17, 15) is 8.78 Å². The van der Waals surface area contributed by atoms with E-state index in [1.165, 1.54) is 12.1 Å². The fraction of sp³-hybridized carbons (Fsp3) is 0.333. The van der Waals surface area contributed by atoms with E-state index in [2.05, 4.69) is 5.32 Å². The summed E-state index contributed by atoms with van der Waals surface area (Å²) in [5, 5.41) is 11.9. The minimum atomic E-state index is -2.63. The maximum atomic E-state index is 12.3. The van der Waals surface area contributed by atoms with Crippen molar-refractivity contribution in [2.45, 2.75) is 13.0 Å². The van der Waals surface area contributed by atoms with Crippen LogP contribution in [0.4, 0.5) is 8.78 Å². The number of hydrogen-bond donors (Lipinski definition) is 2. The van der Waals surface area contributed by atoms with Crippen molar-refractivity contribution < 1.29 is 13.9 Å². The largest absolute Gasteiger partial charge is 0.507 e. The van der Waals surface area contributed by atoms with Crippen LogP contribution in [-0.4, -0.2) is 12.2 Å². The summed E-state index contributed by atoms with van der Waals surface area (Å²) in [5.41, 5.74) is 0.420. The lowest BCUT2D eigenvalue weighted by Crippen LogP contribution is -2.05. The second kappa shape index (κ2) is 4.18. The Balaban J connectivity index is 2.97. The lowest BCUT2D eigenvalue weighted by molar-refractivity contribution is 0.147. The third-order valence-electron chi connectivity index (χ3n) is 1.71. The van der Waals surface area contributed by atoms with E-state index >= 15 is 0 Å². The van der Waals surface area contributed by atoms with Crippen LogP contribution in [0.5, 0.6) is 5.75 Å². The minimum absolute atomic E-state index is 0.312. The molecule has 0 aliphatic carbocycles. The topological polar surface area (TPSA) is 32.3 Å². The molecule has 0 bridgehead atoms. The van der Waals surface area contributed by atoms with E-state index in [-0.39, 0.29) is 11.3 Å². The predicted octanol–water partition coefficient (Wildman–Crippen LogP) is 2.05. The molecule has 0 aliphatic heterocycles. The van der Waals surface area contributed by atoms with Gasteiger partial charge >= 0.3 is 0 Å². The highest BCUT2D eigenvalue weighted by Crippen LogP contribution is 2.28. The van der Waals surface area contributed by atoms with Gasteiger partial charge in [0, 0.05) is 6.54 Å². The Morgan fingerprint density at radius 3 is 2.69 bits per heavy atom. The van der Waals surface area contributed by atoms with Gasteiger partial charge in [0.25, 0.3) is 6.43 Å². The summed E-state index contributed by atoms with van der Waals surface area (Å²) in [7, 11) is 1.73. The maximum absolute atomic E-state index is 12.3. The van der Waals surface area contributed by atoms with Gasteiger partial charge in [0.05, 0.1) is 5.56 Å². The molecule has 0 amide bonds. The number of hydrogen-bond acceptors (Lipinski definition) is 2. The van der Waals surface area contributed by atoms with Crippen molar-refractivity contribution >= 4 is 0 Å². The zero-order valence-corrected chi connectivity index (χ0v) is 7.22. The third kappa shape index (κ3) is 2.39. The number of alkyl halides is 2. The van der Waals surface area contributed by atoms with Gasteiger partial charge in [0.2, 0.25) is 0 Å². The van der Waals surface area contributed by atoms with E-state index in [0.717, 1.165) is 5.56 Å². The first-order chi connectivity index (χ1) is 6.15. The normalized spacial score (nSPS) is 10.8. The van der Waals surface area contributed by atoms with Gasteiger partial charge in [-0.05, 0) is 24.7 Å². The molecule has 1 aromatic carbocycles. The van der Waals surface area contributed by atoms with Crippen LogP contribution in [0.25, 0.3) is 0 Å². The van der Waals surface area contributed by atoms with Crippen LogP contribution >= 0.6 is 0 Å². The highest BCUT2D eigenvalue weighted by Gasteiger charge is 2.12. The first kappa shape index (κ1) is 9.92. The Bertz CT molecular complexity index is 289. The smallest absolute Gasteiger partial charge is 0.267 e. The number of phenols is 1. The predicted molar refractivity (Wildman–Crippen MR) is 45.8 cm³/mol. The molecule has 0 fully saturated rings. The average molecular weight is 187 g/mol. The Hall–Kier alpha value is -1.16. The number of benzene rings is 1. The van der Waals surface area contributed by atoms with Crippen LogP contribution in [0.1, 0.15) is 17.6 Å². The van der Waals surface area contributed by atoms with Crippen molar-refractivity contribution in [2.75, 3.05) is 7.05 Å². The van der Waals surface area contributed by atoms with Crippen molar-refractivity contribution in [2.24, 2.45) is 0 Å². The zero-order chi connectivity index (χ0) is 9.84. The summed E-state index contributed by atoms with van der Waals surface area (Å²) in [6, 6.07) is 4.20. The summed E-state index contributed by atoms with van der Waals surface area (Å²) in [4.78, 5) is 0. The van der Waals surface area contributed by atoms with Crippen LogP contribution in [0.3, 0.4) is 0 Å². The van der Waals surface area contributed by atoms with Gasteiger partial charge < -0.3 is 10.4 Å². The van der Waals surface area contributed by atoms with Crippen LogP contribution in [0.15, 0.2) is 18.2 Å². The number of aromatic hydroxyl groups is 1. The fourth-order valence-corrected chi connectivity index (χ4v) is 1.09. The SMILES string of the molecule is CNCc1ccc(O)c(C(F)F)c1. The molecule has 0 aromatic heterocycles. The van der Waals surface area contributed by atoms with Crippen molar-refractivity contribution in [3.63, 3.8) is 0 Å². The van der Waals surface area contributed by atoms with Crippen molar-refractivity contribution in [3.8, 4) is 5.75 Å². The second-order valence-corrected chi connectivity index (χ2v) is 2.72. The van der Waals surface area contributed by atoms with Crippen LogP contribution in [0, 0.1) is 0 Å². The molecule has 0 heterocycles. The summed E-state index contributed by atoms with van der Waals surface area (Å²) in [5.74, 6) is -0.352. The maximum Gasteiger partial charge on any atom is 0.267 e. The van der Waals surface area contributed by atoms with Gasteiger partial charge in [-0.25, -0.2) is 8.78 Å². The highest BCUT2D eigenvalue weighted by atomic mass is 19.3. The fourth-order valence-electron chi connectivity index (χ4n) is 1.09. The van der Waals surface area contributed by atoms with Gasteiger partial charge in [0.1, 0.15) is 5.75 Å². The molecule has 2 nitrogen and oxygen atoms in total.